The molecule has 1 rings (SSSR count). The third kappa shape index (κ3) is 3.28. The molecule has 2 nitrogen and oxygen atoms in total. The monoisotopic (exact) mass is 184 g/mol. The molecular weight excluding hydrogens is 160 g/mol. The van der Waals surface area contributed by atoms with Crippen LogP contribution in [0, 0.1) is 5.92 Å². The van der Waals surface area contributed by atoms with Crippen LogP contribution in [0.3, 0.4) is 0 Å². The van der Waals surface area contributed by atoms with Crippen molar-refractivity contribution in [2.24, 2.45) is 5.92 Å². The Balaban J connectivity index is 2.28. The molecule has 78 valence electrons. The number of nitrogens with one attached hydrogen (secondary N) is 1. The van der Waals surface area contributed by atoms with Gasteiger partial charge in [-0.1, -0.05) is 20.8 Å². The second kappa shape index (κ2) is 5.61. The molecule has 1 aliphatic heterocycles. The van der Waals surface area contributed by atoms with Crippen LogP contribution >= 0.6 is 0 Å². The van der Waals surface area contributed by atoms with Crippen LogP contribution < -0.4 is 5.32 Å². The summed E-state index contributed by atoms with van der Waals surface area (Å²) >= 11 is 0. The first-order valence-corrected chi connectivity index (χ1v) is 5.73. The molecule has 1 saturated heterocycles. The van der Waals surface area contributed by atoms with Crippen LogP contribution in [0.15, 0.2) is 0 Å². The largest absolute Gasteiger partial charge is 0.314 e. The summed E-state index contributed by atoms with van der Waals surface area (Å²) in [6, 6.07) is 0.762. The third-order valence-electron chi connectivity index (χ3n) is 3.00. The van der Waals surface area contributed by atoms with E-state index in [9.17, 15) is 0 Å². The lowest BCUT2D eigenvalue weighted by atomic mass is 9.94. The standard InChI is InChI=1S/C11H24N2/c1-4-7-13-8-6-11(12-5-2)10(3)9-13/h10-12H,4-9H2,1-3H3. The molecule has 13 heavy (non-hydrogen) atoms. The Morgan fingerprint density at radius 1 is 1.38 bits per heavy atom. The van der Waals surface area contributed by atoms with Crippen molar-refractivity contribution < 1.29 is 0 Å². The lowest BCUT2D eigenvalue weighted by Crippen LogP contribution is -2.48. The molecule has 0 amide bonds. The fourth-order valence-electron chi connectivity index (χ4n) is 2.32. The number of nitrogens with zero attached hydrogens (tertiary/aromatic N) is 1. The molecular formula is C11H24N2. The van der Waals surface area contributed by atoms with E-state index in [2.05, 4.69) is 31.0 Å². The van der Waals surface area contributed by atoms with Gasteiger partial charge in [-0.15, -0.1) is 0 Å². The lowest BCUT2D eigenvalue weighted by Gasteiger charge is -2.37. The zero-order valence-corrected chi connectivity index (χ0v) is 9.34. The van der Waals surface area contributed by atoms with E-state index in [0.717, 1.165) is 18.5 Å². The Morgan fingerprint density at radius 3 is 2.69 bits per heavy atom. The topological polar surface area (TPSA) is 15.3 Å². The summed E-state index contributed by atoms with van der Waals surface area (Å²) < 4.78 is 0. The third-order valence-corrected chi connectivity index (χ3v) is 3.00. The summed E-state index contributed by atoms with van der Waals surface area (Å²) in [5.74, 6) is 0.820. The molecule has 0 aromatic heterocycles. The Labute approximate surface area is 82.7 Å². The van der Waals surface area contributed by atoms with Crippen LogP contribution in [-0.4, -0.2) is 37.1 Å². The smallest absolute Gasteiger partial charge is 0.0117 e. The van der Waals surface area contributed by atoms with Crippen molar-refractivity contribution in [2.75, 3.05) is 26.2 Å². The number of hydrogen-bond acceptors (Lipinski definition) is 2. The molecule has 0 aromatic rings. The van der Waals surface area contributed by atoms with Crippen LogP contribution in [-0.2, 0) is 0 Å². The lowest BCUT2D eigenvalue weighted by molar-refractivity contribution is 0.148. The Bertz CT molecular complexity index is 136. The number of hydrogen-bond donors (Lipinski definition) is 1. The van der Waals surface area contributed by atoms with Crippen molar-refractivity contribution >= 4 is 0 Å². The highest BCUT2D eigenvalue weighted by molar-refractivity contribution is 4.82. The van der Waals surface area contributed by atoms with Gasteiger partial charge in [0.1, 0.15) is 0 Å². The van der Waals surface area contributed by atoms with Crippen molar-refractivity contribution in [2.45, 2.75) is 39.7 Å². The van der Waals surface area contributed by atoms with E-state index in [-0.39, 0.29) is 0 Å². The minimum absolute atomic E-state index is 0.762. The first-order chi connectivity index (χ1) is 6.27. The zero-order valence-electron chi connectivity index (χ0n) is 9.34. The van der Waals surface area contributed by atoms with Gasteiger partial charge in [-0.2, -0.15) is 0 Å². The van der Waals surface area contributed by atoms with Crippen molar-refractivity contribution in [1.29, 1.82) is 0 Å². The highest BCUT2D eigenvalue weighted by atomic mass is 15.1. The average molecular weight is 184 g/mol. The predicted molar refractivity (Wildman–Crippen MR) is 58.0 cm³/mol. The van der Waals surface area contributed by atoms with Gasteiger partial charge < -0.3 is 10.2 Å². The fraction of sp³-hybridized carbons (Fsp3) is 1.00. The molecule has 1 aliphatic rings. The predicted octanol–water partition coefficient (Wildman–Crippen LogP) is 1.72. The van der Waals surface area contributed by atoms with E-state index >= 15 is 0 Å². The molecule has 0 bridgehead atoms. The minimum atomic E-state index is 0.762. The first-order valence-electron chi connectivity index (χ1n) is 5.73. The molecule has 1 fully saturated rings. The first kappa shape index (κ1) is 11.0. The van der Waals surface area contributed by atoms with Gasteiger partial charge in [-0.3, -0.25) is 0 Å². The highest BCUT2D eigenvalue weighted by Crippen LogP contribution is 2.16. The van der Waals surface area contributed by atoms with Gasteiger partial charge in [0.15, 0.2) is 0 Å². The van der Waals surface area contributed by atoms with Crippen LogP contribution in [0.4, 0.5) is 0 Å². The van der Waals surface area contributed by atoms with Crippen LogP contribution in [0.25, 0.3) is 0 Å². The van der Waals surface area contributed by atoms with Gasteiger partial charge in [0.05, 0.1) is 0 Å². The summed E-state index contributed by atoms with van der Waals surface area (Å²) in [5.41, 5.74) is 0. The van der Waals surface area contributed by atoms with Gasteiger partial charge in [-0.25, -0.2) is 0 Å². The molecule has 2 atom stereocenters. The average Bonchev–Trinajstić information content (AvgIpc) is 2.10. The summed E-state index contributed by atoms with van der Waals surface area (Å²) in [6.45, 7) is 11.8. The van der Waals surface area contributed by atoms with Gasteiger partial charge in [0.25, 0.3) is 0 Å². The molecule has 0 aliphatic carbocycles. The molecule has 2 unspecified atom stereocenters. The van der Waals surface area contributed by atoms with E-state index in [1.807, 2.05) is 0 Å². The van der Waals surface area contributed by atoms with Crippen molar-refractivity contribution in [3.8, 4) is 0 Å². The quantitative estimate of drug-likeness (QED) is 0.715. The van der Waals surface area contributed by atoms with Crippen LogP contribution in [0.5, 0.6) is 0 Å². The SMILES string of the molecule is CCCN1CCC(NCC)C(C)C1. The van der Waals surface area contributed by atoms with Crippen molar-refractivity contribution in [3.05, 3.63) is 0 Å². The summed E-state index contributed by atoms with van der Waals surface area (Å²) in [6.07, 6.45) is 2.62. The molecule has 0 spiro atoms. The highest BCUT2D eigenvalue weighted by Gasteiger charge is 2.24. The minimum Gasteiger partial charge on any atom is -0.314 e. The molecule has 0 radical (unpaired) electrons. The fourth-order valence-corrected chi connectivity index (χ4v) is 2.32. The van der Waals surface area contributed by atoms with Gasteiger partial charge in [-0.05, 0) is 38.4 Å². The van der Waals surface area contributed by atoms with E-state index in [0.29, 0.717) is 0 Å². The zero-order chi connectivity index (χ0) is 9.68. The maximum absolute atomic E-state index is 3.57. The second-order valence-corrected chi connectivity index (χ2v) is 4.23. The van der Waals surface area contributed by atoms with Crippen LogP contribution in [0.2, 0.25) is 0 Å². The number of rotatable bonds is 4. The maximum atomic E-state index is 3.57. The van der Waals surface area contributed by atoms with Gasteiger partial charge in [0, 0.05) is 12.6 Å². The van der Waals surface area contributed by atoms with E-state index in [1.54, 1.807) is 0 Å². The molecule has 0 saturated carbocycles. The molecule has 2 heteroatoms. The Hall–Kier alpha value is -0.0800. The van der Waals surface area contributed by atoms with Crippen molar-refractivity contribution in [1.82, 2.24) is 10.2 Å². The Morgan fingerprint density at radius 2 is 2.15 bits per heavy atom. The number of piperidine rings is 1. The summed E-state index contributed by atoms with van der Waals surface area (Å²) in [5, 5.41) is 3.57. The van der Waals surface area contributed by atoms with E-state index < -0.39 is 0 Å². The van der Waals surface area contributed by atoms with E-state index in [4.69, 9.17) is 0 Å². The molecule has 1 N–H and O–H groups in total. The normalized spacial score (nSPS) is 30.7. The van der Waals surface area contributed by atoms with Gasteiger partial charge in [0.2, 0.25) is 0 Å². The molecule has 1 heterocycles. The van der Waals surface area contributed by atoms with E-state index in [1.165, 1.54) is 32.5 Å². The van der Waals surface area contributed by atoms with Crippen LogP contribution in [0.1, 0.15) is 33.6 Å². The maximum Gasteiger partial charge on any atom is 0.0117 e. The Kier molecular flexibility index (Phi) is 4.74. The second-order valence-electron chi connectivity index (χ2n) is 4.23. The van der Waals surface area contributed by atoms with Crippen molar-refractivity contribution in [3.63, 3.8) is 0 Å². The number of likely N-dealkylation sites (tertiary alicyclic amines) is 1. The summed E-state index contributed by atoms with van der Waals surface area (Å²) in [7, 11) is 0. The molecule has 0 aromatic carbocycles. The van der Waals surface area contributed by atoms with Gasteiger partial charge >= 0.3 is 0 Å². The summed E-state index contributed by atoms with van der Waals surface area (Å²) in [4.78, 5) is 2.60.